The van der Waals surface area contributed by atoms with Crippen LogP contribution in [-0.4, -0.2) is 33.2 Å². The highest BCUT2D eigenvalue weighted by Gasteiger charge is 1.81. The number of hydrogen-bond donors (Lipinski definition) is 1. The summed E-state index contributed by atoms with van der Waals surface area (Å²) in [6.07, 6.45) is 1.33. The highest BCUT2D eigenvalue weighted by atomic mass is 16.5. The minimum atomic E-state index is -0.211. The van der Waals surface area contributed by atoms with E-state index in [1.54, 1.807) is 6.92 Å². The van der Waals surface area contributed by atoms with Gasteiger partial charge in [0.1, 0.15) is 0 Å². The smallest absolute Gasteiger partial charge is 0.302 e. The van der Waals surface area contributed by atoms with Gasteiger partial charge in [-0.25, -0.2) is 0 Å². The quantitative estimate of drug-likeness (QED) is 0.583. The standard InChI is InChI=1S/C4H8O2.C2H3N5/c1-3-6-4(2)5;3-2-1-4-6-7-5-2/h3H2,1-2H3;1H,(H2,3,5,6). The molecule has 0 aromatic carbocycles. The summed E-state index contributed by atoms with van der Waals surface area (Å²) in [6, 6.07) is 0. The SMILES string of the molecule is CCOC(C)=O.Nc1cnnnn1. The van der Waals surface area contributed by atoms with E-state index in [9.17, 15) is 4.79 Å². The first-order chi connectivity index (χ1) is 6.16. The molecule has 1 aromatic rings. The molecular weight excluding hydrogens is 174 g/mol. The van der Waals surface area contributed by atoms with E-state index in [1.165, 1.54) is 13.1 Å². The second-order valence-corrected chi connectivity index (χ2v) is 1.87. The van der Waals surface area contributed by atoms with Crippen molar-refractivity contribution in [3.63, 3.8) is 0 Å². The van der Waals surface area contributed by atoms with Gasteiger partial charge in [-0.1, -0.05) is 0 Å². The van der Waals surface area contributed by atoms with E-state index in [4.69, 9.17) is 5.73 Å². The first-order valence-electron chi connectivity index (χ1n) is 3.56. The second-order valence-electron chi connectivity index (χ2n) is 1.87. The summed E-state index contributed by atoms with van der Waals surface area (Å²) in [6.45, 7) is 3.65. The van der Waals surface area contributed by atoms with Gasteiger partial charge in [-0.2, -0.15) is 0 Å². The van der Waals surface area contributed by atoms with Crippen LogP contribution in [0.25, 0.3) is 0 Å². The minimum Gasteiger partial charge on any atom is -0.466 e. The van der Waals surface area contributed by atoms with Crippen LogP contribution < -0.4 is 5.73 Å². The number of rotatable bonds is 1. The predicted octanol–water partition coefficient (Wildman–Crippen LogP) is -0.582. The highest BCUT2D eigenvalue weighted by molar-refractivity contribution is 5.65. The van der Waals surface area contributed by atoms with Crippen LogP contribution in [0.5, 0.6) is 0 Å². The Morgan fingerprint density at radius 2 is 2.31 bits per heavy atom. The van der Waals surface area contributed by atoms with Crippen molar-refractivity contribution >= 4 is 11.8 Å². The monoisotopic (exact) mass is 185 g/mol. The number of carbonyl (C=O) groups excluding carboxylic acids is 1. The van der Waals surface area contributed by atoms with Crippen molar-refractivity contribution in [2.45, 2.75) is 13.8 Å². The molecule has 0 bridgehead atoms. The van der Waals surface area contributed by atoms with Gasteiger partial charge in [-0.3, -0.25) is 4.79 Å². The van der Waals surface area contributed by atoms with Crippen molar-refractivity contribution in [2.75, 3.05) is 12.3 Å². The fourth-order valence-corrected chi connectivity index (χ4v) is 0.409. The van der Waals surface area contributed by atoms with Crippen LogP contribution in [0.15, 0.2) is 6.20 Å². The Balaban J connectivity index is 0.000000226. The molecule has 0 aliphatic heterocycles. The number of nitrogen functional groups attached to an aromatic ring is 1. The Hall–Kier alpha value is -1.79. The van der Waals surface area contributed by atoms with Gasteiger partial charge in [0.2, 0.25) is 0 Å². The zero-order chi connectivity index (χ0) is 10.1. The number of aromatic nitrogens is 4. The van der Waals surface area contributed by atoms with E-state index in [0.717, 1.165) is 0 Å². The third-order valence-electron chi connectivity index (χ3n) is 0.789. The molecule has 1 rings (SSSR count). The molecule has 1 aromatic heterocycles. The van der Waals surface area contributed by atoms with Crippen molar-refractivity contribution in [2.24, 2.45) is 0 Å². The van der Waals surface area contributed by atoms with Gasteiger partial charge in [0.25, 0.3) is 0 Å². The highest BCUT2D eigenvalue weighted by Crippen LogP contribution is 1.79. The lowest BCUT2D eigenvalue weighted by atomic mass is 10.8. The van der Waals surface area contributed by atoms with Gasteiger partial charge < -0.3 is 10.5 Å². The molecule has 0 radical (unpaired) electrons. The third kappa shape index (κ3) is 8.11. The molecule has 0 saturated carbocycles. The molecule has 0 unspecified atom stereocenters. The van der Waals surface area contributed by atoms with Crippen LogP contribution in [0.3, 0.4) is 0 Å². The maximum atomic E-state index is 9.82. The van der Waals surface area contributed by atoms with Gasteiger partial charge in [0, 0.05) is 6.92 Å². The Kier molecular flexibility index (Phi) is 5.94. The van der Waals surface area contributed by atoms with Crippen molar-refractivity contribution in [3.05, 3.63) is 6.20 Å². The minimum absolute atomic E-state index is 0.211. The lowest BCUT2D eigenvalue weighted by Gasteiger charge is -1.89. The summed E-state index contributed by atoms with van der Waals surface area (Å²) < 4.78 is 4.40. The summed E-state index contributed by atoms with van der Waals surface area (Å²) in [5.74, 6) is 0.0764. The number of anilines is 1. The average molecular weight is 185 g/mol. The van der Waals surface area contributed by atoms with Gasteiger partial charge in [0.15, 0.2) is 5.82 Å². The molecule has 7 nitrogen and oxygen atoms in total. The molecule has 0 spiro atoms. The zero-order valence-corrected chi connectivity index (χ0v) is 7.47. The fraction of sp³-hybridized carbons (Fsp3) is 0.500. The van der Waals surface area contributed by atoms with Crippen LogP contribution in [-0.2, 0) is 9.53 Å². The number of ether oxygens (including phenoxy) is 1. The van der Waals surface area contributed by atoms with Crippen molar-refractivity contribution in [3.8, 4) is 0 Å². The molecule has 1 heterocycles. The predicted molar refractivity (Wildman–Crippen MR) is 44.3 cm³/mol. The summed E-state index contributed by atoms with van der Waals surface area (Å²) >= 11 is 0. The lowest BCUT2D eigenvalue weighted by Crippen LogP contribution is -1.95. The second kappa shape index (κ2) is 6.89. The average Bonchev–Trinajstić information content (AvgIpc) is 2.06. The number of nitrogens with zero attached hydrogens (tertiary/aromatic N) is 4. The molecule has 0 saturated heterocycles. The van der Waals surface area contributed by atoms with E-state index >= 15 is 0 Å². The Morgan fingerprint density at radius 1 is 1.62 bits per heavy atom. The third-order valence-corrected chi connectivity index (χ3v) is 0.789. The summed E-state index contributed by atoms with van der Waals surface area (Å²) in [5, 5.41) is 13.0. The van der Waals surface area contributed by atoms with Gasteiger partial charge in [-0.05, 0) is 17.4 Å². The molecule has 0 amide bonds. The maximum Gasteiger partial charge on any atom is 0.302 e. The van der Waals surface area contributed by atoms with Crippen LogP contribution in [0.4, 0.5) is 5.82 Å². The topological polar surface area (TPSA) is 104 Å². The van der Waals surface area contributed by atoms with Crippen LogP contribution in [0.1, 0.15) is 13.8 Å². The van der Waals surface area contributed by atoms with Gasteiger partial charge in [-0.15, -0.1) is 10.2 Å². The van der Waals surface area contributed by atoms with E-state index < -0.39 is 0 Å². The first kappa shape index (κ1) is 11.2. The molecule has 72 valence electrons. The van der Waals surface area contributed by atoms with Gasteiger partial charge >= 0.3 is 5.97 Å². The molecule has 0 aliphatic rings. The maximum absolute atomic E-state index is 9.82. The molecule has 7 heteroatoms. The van der Waals surface area contributed by atoms with E-state index in [2.05, 4.69) is 25.4 Å². The Bertz CT molecular complexity index is 240. The van der Waals surface area contributed by atoms with Gasteiger partial charge in [0.05, 0.1) is 12.8 Å². The summed E-state index contributed by atoms with van der Waals surface area (Å²) in [4.78, 5) is 9.82. The first-order valence-corrected chi connectivity index (χ1v) is 3.56. The fourth-order valence-electron chi connectivity index (χ4n) is 0.409. The van der Waals surface area contributed by atoms with Crippen LogP contribution >= 0.6 is 0 Å². The van der Waals surface area contributed by atoms with Crippen molar-refractivity contribution in [1.29, 1.82) is 0 Å². The summed E-state index contributed by atoms with van der Waals surface area (Å²) in [7, 11) is 0. The van der Waals surface area contributed by atoms with Crippen molar-refractivity contribution < 1.29 is 9.53 Å². The van der Waals surface area contributed by atoms with E-state index in [1.807, 2.05) is 0 Å². The van der Waals surface area contributed by atoms with Crippen molar-refractivity contribution in [1.82, 2.24) is 20.6 Å². The van der Waals surface area contributed by atoms with E-state index in [0.29, 0.717) is 6.61 Å². The number of hydrogen-bond acceptors (Lipinski definition) is 7. The molecule has 13 heavy (non-hydrogen) atoms. The van der Waals surface area contributed by atoms with Crippen LogP contribution in [0.2, 0.25) is 0 Å². The number of esters is 1. The summed E-state index contributed by atoms with van der Waals surface area (Å²) in [5.41, 5.74) is 5.08. The Labute approximate surface area is 75.3 Å². The molecule has 2 N–H and O–H groups in total. The number of nitrogens with two attached hydrogens (primary N) is 1. The molecule has 0 fully saturated rings. The molecule has 0 atom stereocenters. The molecule has 0 aliphatic carbocycles. The normalized spacial score (nSPS) is 8.15. The Morgan fingerprint density at radius 3 is 2.46 bits per heavy atom. The largest absolute Gasteiger partial charge is 0.466 e. The zero-order valence-electron chi connectivity index (χ0n) is 7.47. The number of carbonyl (C=O) groups is 1. The molecular formula is C6H11N5O2. The lowest BCUT2D eigenvalue weighted by molar-refractivity contribution is -0.140. The van der Waals surface area contributed by atoms with E-state index in [-0.39, 0.29) is 11.8 Å². The van der Waals surface area contributed by atoms with Crippen LogP contribution in [0, 0.1) is 0 Å².